The lowest BCUT2D eigenvalue weighted by Crippen LogP contribution is -2.23. The predicted octanol–water partition coefficient (Wildman–Crippen LogP) is 2.05. The molecule has 0 aliphatic heterocycles. The first-order chi connectivity index (χ1) is 7.99. The molecule has 0 aromatic heterocycles. The summed E-state index contributed by atoms with van der Waals surface area (Å²) in [5.74, 6) is -0.591. The first-order valence-corrected chi connectivity index (χ1v) is 5.58. The highest BCUT2D eigenvalue weighted by molar-refractivity contribution is 5.87. The van der Waals surface area contributed by atoms with Gasteiger partial charge in [-0.1, -0.05) is 26.0 Å². The van der Waals surface area contributed by atoms with E-state index < -0.39 is 5.97 Å². The summed E-state index contributed by atoms with van der Waals surface area (Å²) in [5, 5.41) is 11.5. The Morgan fingerprint density at radius 3 is 2.29 bits per heavy atom. The lowest BCUT2D eigenvalue weighted by molar-refractivity contribution is -0.121. The van der Waals surface area contributed by atoms with Crippen molar-refractivity contribution < 1.29 is 14.7 Å². The van der Waals surface area contributed by atoms with Crippen molar-refractivity contribution in [3.05, 3.63) is 35.4 Å². The molecule has 0 radical (unpaired) electrons. The molecule has 17 heavy (non-hydrogen) atoms. The Morgan fingerprint density at radius 1 is 1.24 bits per heavy atom. The van der Waals surface area contributed by atoms with Gasteiger partial charge in [-0.3, -0.25) is 4.79 Å². The largest absolute Gasteiger partial charge is 0.478 e. The third-order valence-corrected chi connectivity index (χ3v) is 2.28. The number of nitrogens with one attached hydrogen (secondary N) is 1. The fourth-order valence-corrected chi connectivity index (χ4v) is 1.41. The van der Waals surface area contributed by atoms with Crippen molar-refractivity contribution in [2.24, 2.45) is 5.92 Å². The first kappa shape index (κ1) is 13.2. The summed E-state index contributed by atoms with van der Waals surface area (Å²) in [6.07, 6.45) is 0.507. The molecule has 0 saturated carbocycles. The number of amides is 1. The fourth-order valence-electron chi connectivity index (χ4n) is 1.41. The van der Waals surface area contributed by atoms with E-state index in [2.05, 4.69) is 5.32 Å². The normalized spacial score (nSPS) is 10.3. The van der Waals surface area contributed by atoms with E-state index in [-0.39, 0.29) is 11.5 Å². The minimum absolute atomic E-state index is 0.0160. The van der Waals surface area contributed by atoms with Crippen LogP contribution in [0.15, 0.2) is 24.3 Å². The van der Waals surface area contributed by atoms with Crippen molar-refractivity contribution in [2.45, 2.75) is 26.8 Å². The summed E-state index contributed by atoms with van der Waals surface area (Å²) in [7, 11) is 0. The number of rotatable bonds is 5. The molecule has 4 nitrogen and oxygen atoms in total. The summed E-state index contributed by atoms with van der Waals surface area (Å²) in [6.45, 7) is 4.41. The molecule has 0 aliphatic rings. The van der Waals surface area contributed by atoms with Crippen LogP contribution in [0.5, 0.6) is 0 Å². The number of carboxylic acid groups (broad SMARTS) is 1. The van der Waals surface area contributed by atoms with Gasteiger partial charge in [-0.15, -0.1) is 0 Å². The molecule has 1 rings (SSSR count). The number of hydrogen-bond donors (Lipinski definition) is 2. The Labute approximate surface area is 101 Å². The third-order valence-electron chi connectivity index (χ3n) is 2.28. The highest BCUT2D eigenvalue weighted by Gasteiger charge is 2.05. The van der Waals surface area contributed by atoms with Crippen LogP contribution >= 0.6 is 0 Å². The Kier molecular flexibility index (Phi) is 4.69. The first-order valence-electron chi connectivity index (χ1n) is 5.58. The second kappa shape index (κ2) is 6.03. The molecule has 4 heteroatoms. The number of hydrogen-bond acceptors (Lipinski definition) is 2. The zero-order valence-electron chi connectivity index (χ0n) is 10.1. The number of carbonyl (C=O) groups excluding carboxylic acids is 1. The average molecular weight is 235 g/mol. The molecule has 92 valence electrons. The Bertz CT molecular complexity index is 396. The van der Waals surface area contributed by atoms with Crippen LogP contribution in [-0.2, 0) is 11.3 Å². The second-order valence-electron chi connectivity index (χ2n) is 4.38. The van der Waals surface area contributed by atoms with Crippen LogP contribution in [0.25, 0.3) is 0 Å². The van der Waals surface area contributed by atoms with Gasteiger partial charge in [-0.2, -0.15) is 0 Å². The van der Waals surface area contributed by atoms with Crippen molar-refractivity contribution in [3.63, 3.8) is 0 Å². The summed E-state index contributed by atoms with van der Waals surface area (Å²) >= 11 is 0. The molecule has 0 heterocycles. The minimum Gasteiger partial charge on any atom is -0.478 e. The Morgan fingerprint density at radius 2 is 1.82 bits per heavy atom. The van der Waals surface area contributed by atoms with Crippen molar-refractivity contribution in [3.8, 4) is 0 Å². The fraction of sp³-hybridized carbons (Fsp3) is 0.385. The van der Waals surface area contributed by atoms with E-state index in [1.807, 2.05) is 13.8 Å². The quantitative estimate of drug-likeness (QED) is 0.820. The van der Waals surface area contributed by atoms with Gasteiger partial charge in [-0.05, 0) is 23.6 Å². The monoisotopic (exact) mass is 235 g/mol. The van der Waals surface area contributed by atoms with Gasteiger partial charge >= 0.3 is 5.97 Å². The molecule has 0 unspecified atom stereocenters. The summed E-state index contributed by atoms with van der Waals surface area (Å²) in [6, 6.07) is 6.48. The zero-order valence-corrected chi connectivity index (χ0v) is 10.1. The Hall–Kier alpha value is -1.84. The maximum Gasteiger partial charge on any atom is 0.335 e. The molecule has 0 bridgehead atoms. The average Bonchev–Trinajstić information content (AvgIpc) is 2.26. The van der Waals surface area contributed by atoms with Gasteiger partial charge in [0.1, 0.15) is 0 Å². The molecule has 0 fully saturated rings. The van der Waals surface area contributed by atoms with E-state index in [1.165, 1.54) is 12.1 Å². The molecule has 1 aromatic rings. The molecule has 0 atom stereocenters. The van der Waals surface area contributed by atoms with Crippen molar-refractivity contribution in [1.82, 2.24) is 5.32 Å². The zero-order chi connectivity index (χ0) is 12.8. The van der Waals surface area contributed by atoms with Crippen molar-refractivity contribution in [2.75, 3.05) is 0 Å². The van der Waals surface area contributed by atoms with Crippen LogP contribution < -0.4 is 5.32 Å². The standard InChI is InChI=1S/C13H17NO3/c1-9(2)7-12(15)14-8-10-3-5-11(6-4-10)13(16)17/h3-6,9H,7-8H2,1-2H3,(H,14,15)(H,16,17). The molecule has 2 N–H and O–H groups in total. The van der Waals surface area contributed by atoms with Crippen molar-refractivity contribution >= 4 is 11.9 Å². The highest BCUT2D eigenvalue weighted by Crippen LogP contribution is 2.05. The van der Waals surface area contributed by atoms with Gasteiger partial charge in [0.15, 0.2) is 0 Å². The third kappa shape index (κ3) is 4.68. The molecule has 0 aliphatic carbocycles. The second-order valence-corrected chi connectivity index (χ2v) is 4.38. The lowest BCUT2D eigenvalue weighted by atomic mass is 10.1. The van der Waals surface area contributed by atoms with E-state index in [0.29, 0.717) is 18.9 Å². The predicted molar refractivity (Wildman–Crippen MR) is 64.7 cm³/mol. The molecule has 0 spiro atoms. The SMILES string of the molecule is CC(C)CC(=O)NCc1ccc(C(=O)O)cc1. The van der Waals surface area contributed by atoms with Crippen LogP contribution in [0.1, 0.15) is 36.2 Å². The van der Waals surface area contributed by atoms with E-state index in [1.54, 1.807) is 12.1 Å². The van der Waals surface area contributed by atoms with Gasteiger partial charge in [0.2, 0.25) is 5.91 Å². The minimum atomic E-state index is -0.944. The number of aromatic carboxylic acids is 1. The smallest absolute Gasteiger partial charge is 0.335 e. The van der Waals surface area contributed by atoms with E-state index in [4.69, 9.17) is 5.11 Å². The Balaban J connectivity index is 2.47. The summed E-state index contributed by atoms with van der Waals surface area (Å²) in [5.41, 5.74) is 1.15. The molecule has 1 amide bonds. The van der Waals surface area contributed by atoms with Gasteiger partial charge in [-0.25, -0.2) is 4.79 Å². The maximum absolute atomic E-state index is 11.4. The number of carboxylic acids is 1. The lowest BCUT2D eigenvalue weighted by Gasteiger charge is -2.07. The molecule has 1 aromatic carbocycles. The van der Waals surface area contributed by atoms with Crippen LogP contribution in [0, 0.1) is 5.92 Å². The van der Waals surface area contributed by atoms with Gasteiger partial charge in [0.05, 0.1) is 5.56 Å². The van der Waals surface area contributed by atoms with Crippen molar-refractivity contribution in [1.29, 1.82) is 0 Å². The number of carbonyl (C=O) groups is 2. The summed E-state index contributed by atoms with van der Waals surface area (Å²) < 4.78 is 0. The van der Waals surface area contributed by atoms with Crippen LogP contribution in [0.4, 0.5) is 0 Å². The van der Waals surface area contributed by atoms with Crippen LogP contribution in [0.3, 0.4) is 0 Å². The van der Waals surface area contributed by atoms with Gasteiger partial charge in [0.25, 0.3) is 0 Å². The van der Waals surface area contributed by atoms with E-state index in [0.717, 1.165) is 5.56 Å². The maximum atomic E-state index is 11.4. The highest BCUT2D eigenvalue weighted by atomic mass is 16.4. The van der Waals surface area contributed by atoms with E-state index >= 15 is 0 Å². The van der Waals surface area contributed by atoms with Gasteiger partial charge < -0.3 is 10.4 Å². The van der Waals surface area contributed by atoms with Gasteiger partial charge in [0, 0.05) is 13.0 Å². The number of benzene rings is 1. The molecule has 0 saturated heterocycles. The van der Waals surface area contributed by atoms with E-state index in [9.17, 15) is 9.59 Å². The van der Waals surface area contributed by atoms with Crippen LogP contribution in [0.2, 0.25) is 0 Å². The topological polar surface area (TPSA) is 66.4 Å². The summed E-state index contributed by atoms with van der Waals surface area (Å²) in [4.78, 5) is 22.0. The molecular weight excluding hydrogens is 218 g/mol. The molecular formula is C13H17NO3. The van der Waals surface area contributed by atoms with Crippen LogP contribution in [-0.4, -0.2) is 17.0 Å².